The molecule has 1 aromatic carbocycles. The number of carbonyl (C=O) groups excluding carboxylic acids is 3. The molecule has 192 valence electrons. The van der Waals surface area contributed by atoms with Crippen LogP contribution < -0.4 is 10.6 Å². The largest absolute Gasteiger partial charge is 0.531 e. The number of nitrogens with one attached hydrogen (secondary N) is 2. The third-order valence-corrected chi connectivity index (χ3v) is 5.87. The molecule has 1 aromatic heterocycles. The maximum atomic E-state index is 13.3. The van der Waals surface area contributed by atoms with E-state index >= 15 is 0 Å². The zero-order valence-corrected chi connectivity index (χ0v) is 21.0. The summed E-state index contributed by atoms with van der Waals surface area (Å²) in [6, 6.07) is 13.4. The van der Waals surface area contributed by atoms with Crippen LogP contribution >= 0.6 is 0 Å². The number of hydrogen-bond donors (Lipinski definition) is 3. The molecule has 0 spiro atoms. The molecular weight excluding hydrogens is 461 g/mol. The lowest BCUT2D eigenvalue weighted by Crippen LogP contribution is -2.49. The fraction of sp³-hybridized carbons (Fsp3) is 0.462. The van der Waals surface area contributed by atoms with Crippen molar-refractivity contribution in [1.82, 2.24) is 15.6 Å². The minimum atomic E-state index is -1.15. The van der Waals surface area contributed by atoms with Gasteiger partial charge in [0, 0.05) is 31.0 Å². The molecule has 0 radical (unpaired) electrons. The van der Waals surface area contributed by atoms with Gasteiger partial charge in [0.25, 0.3) is 5.91 Å². The summed E-state index contributed by atoms with van der Waals surface area (Å²) in [4.78, 5) is 42.8. The molecule has 0 aliphatic carbocycles. The van der Waals surface area contributed by atoms with Crippen LogP contribution in [0.2, 0.25) is 5.82 Å². The van der Waals surface area contributed by atoms with Crippen molar-refractivity contribution < 1.29 is 28.8 Å². The molecule has 9 nitrogen and oxygen atoms in total. The maximum absolute atomic E-state index is 13.3. The molecule has 1 aliphatic heterocycles. The average Bonchev–Trinajstić information content (AvgIpc) is 2.84. The molecule has 1 saturated heterocycles. The van der Waals surface area contributed by atoms with Crippen LogP contribution in [0.5, 0.6) is 0 Å². The Balaban J connectivity index is 1.74. The van der Waals surface area contributed by atoms with Crippen molar-refractivity contribution in [3.05, 3.63) is 54.2 Å². The van der Waals surface area contributed by atoms with Crippen LogP contribution in [0.4, 0.5) is 0 Å². The van der Waals surface area contributed by atoms with E-state index in [1.54, 1.807) is 18.2 Å². The summed E-state index contributed by atoms with van der Waals surface area (Å²) in [7, 11) is -0.875. The first-order valence-corrected chi connectivity index (χ1v) is 12.3. The van der Waals surface area contributed by atoms with Gasteiger partial charge < -0.3 is 25.0 Å². The minimum Gasteiger partial charge on any atom is -0.508 e. The Morgan fingerprint density at radius 1 is 1.14 bits per heavy atom. The number of nitrogens with zero attached hydrogens (tertiary/aromatic N) is 1. The predicted octanol–water partition coefficient (Wildman–Crippen LogP) is 2.25. The monoisotopic (exact) mass is 495 g/mol. The molecule has 2 aromatic rings. The lowest BCUT2D eigenvalue weighted by molar-refractivity contribution is -0.136. The van der Waals surface area contributed by atoms with Gasteiger partial charge in [-0.2, -0.15) is 0 Å². The van der Waals surface area contributed by atoms with Crippen LogP contribution in [0.1, 0.15) is 44.1 Å². The second kappa shape index (κ2) is 13.3. The number of ketones is 1. The molecule has 1 fully saturated rings. The van der Waals surface area contributed by atoms with Crippen LogP contribution in [0, 0.1) is 5.92 Å². The lowest BCUT2D eigenvalue weighted by atomic mass is 9.64. The minimum absolute atomic E-state index is 0.0309. The molecule has 1 amide bonds. The number of rotatable bonds is 10. The summed E-state index contributed by atoms with van der Waals surface area (Å²) in [5.74, 6) is -1.60. The number of aliphatic hydroxyl groups excluding tert-OH is 1. The van der Waals surface area contributed by atoms with Gasteiger partial charge in [-0.25, -0.2) is 4.98 Å². The predicted molar refractivity (Wildman–Crippen MR) is 136 cm³/mol. The Labute approximate surface area is 212 Å². The lowest BCUT2D eigenvalue weighted by Gasteiger charge is -2.28. The highest BCUT2D eigenvalue weighted by molar-refractivity contribution is 6.49. The Morgan fingerprint density at radius 2 is 1.89 bits per heavy atom. The fourth-order valence-electron chi connectivity index (χ4n) is 4.17. The molecule has 0 unspecified atom stereocenters. The highest BCUT2D eigenvalue weighted by Gasteiger charge is 2.39. The molecule has 10 heteroatoms. The summed E-state index contributed by atoms with van der Waals surface area (Å²) in [6.07, 6.45) is -0.599. The first kappa shape index (κ1) is 27.5. The summed E-state index contributed by atoms with van der Waals surface area (Å²) >= 11 is 0. The van der Waals surface area contributed by atoms with Crippen molar-refractivity contribution >= 4 is 24.8 Å². The Morgan fingerprint density at radius 3 is 2.58 bits per heavy atom. The third kappa shape index (κ3) is 7.98. The van der Waals surface area contributed by atoms with E-state index < -0.39 is 37.0 Å². The summed E-state index contributed by atoms with van der Waals surface area (Å²) < 4.78 is 11.2. The molecule has 1 aliphatic rings. The third-order valence-electron chi connectivity index (χ3n) is 5.87. The summed E-state index contributed by atoms with van der Waals surface area (Å²) in [5.41, 5.74) is 1.62. The highest BCUT2D eigenvalue weighted by atomic mass is 16.6. The molecule has 3 N–H and O–H groups in total. The van der Waals surface area contributed by atoms with E-state index in [1.807, 2.05) is 44.2 Å². The van der Waals surface area contributed by atoms with Crippen molar-refractivity contribution in [2.75, 3.05) is 19.7 Å². The summed E-state index contributed by atoms with van der Waals surface area (Å²) in [6.45, 7) is 6.36. The van der Waals surface area contributed by atoms with Crippen LogP contribution in [-0.2, 0) is 18.9 Å². The van der Waals surface area contributed by atoms with Crippen molar-refractivity contribution in [3.8, 4) is 11.3 Å². The molecule has 2 heterocycles. The van der Waals surface area contributed by atoms with Crippen molar-refractivity contribution in [1.29, 1.82) is 0 Å². The van der Waals surface area contributed by atoms with E-state index in [9.17, 15) is 19.5 Å². The van der Waals surface area contributed by atoms with E-state index in [1.165, 1.54) is 6.92 Å². The number of pyridine rings is 1. The van der Waals surface area contributed by atoms with Gasteiger partial charge in [0.15, 0.2) is 5.78 Å². The quantitative estimate of drug-likeness (QED) is 0.429. The molecule has 3 rings (SSSR count). The van der Waals surface area contributed by atoms with E-state index in [0.717, 1.165) is 5.56 Å². The first-order valence-electron chi connectivity index (χ1n) is 12.3. The van der Waals surface area contributed by atoms with Crippen LogP contribution in [0.3, 0.4) is 0 Å². The molecular formula is C26H34BN3O6. The number of benzene rings is 1. The average molecular weight is 495 g/mol. The normalized spacial score (nSPS) is 16.9. The number of Topliss-reactive ketones (excluding diaryl/α,β-unsaturated/α-hetero) is 1. The smallest absolute Gasteiger partial charge is 0.508 e. The van der Waals surface area contributed by atoms with Crippen LogP contribution in [-0.4, -0.2) is 66.7 Å². The van der Waals surface area contributed by atoms with Crippen molar-refractivity contribution in [2.24, 2.45) is 5.92 Å². The molecule has 0 bridgehead atoms. The van der Waals surface area contributed by atoms with Gasteiger partial charge in [0.2, 0.25) is 0 Å². The van der Waals surface area contributed by atoms with Gasteiger partial charge in [0.05, 0.1) is 18.3 Å². The second-order valence-electron chi connectivity index (χ2n) is 9.43. The van der Waals surface area contributed by atoms with Crippen LogP contribution in [0.15, 0.2) is 48.5 Å². The van der Waals surface area contributed by atoms with Gasteiger partial charge in [-0.1, -0.05) is 50.2 Å². The fourth-order valence-corrected chi connectivity index (χ4v) is 4.17. The van der Waals surface area contributed by atoms with Gasteiger partial charge in [-0.15, -0.1) is 0 Å². The molecule has 3 atom stereocenters. The number of aliphatic hydroxyl groups is 1. The zero-order chi connectivity index (χ0) is 26.1. The van der Waals surface area contributed by atoms with Gasteiger partial charge in [-0.3, -0.25) is 14.4 Å². The Kier molecular flexibility index (Phi) is 10.2. The van der Waals surface area contributed by atoms with Crippen molar-refractivity contribution in [3.63, 3.8) is 0 Å². The van der Waals surface area contributed by atoms with Crippen molar-refractivity contribution in [2.45, 2.75) is 51.6 Å². The maximum Gasteiger partial charge on any atom is 0.531 e. The highest BCUT2D eigenvalue weighted by Crippen LogP contribution is 2.28. The Hall–Kier alpha value is -3.08. The Bertz CT molecular complexity index is 1030. The summed E-state index contributed by atoms with van der Waals surface area (Å²) in [5, 5.41) is 15.9. The number of hydrogen-bond acceptors (Lipinski definition) is 8. The van der Waals surface area contributed by atoms with Crippen LogP contribution in [0.25, 0.3) is 11.3 Å². The van der Waals surface area contributed by atoms with Gasteiger partial charge in [-0.05, 0) is 31.4 Å². The zero-order valence-electron chi connectivity index (χ0n) is 21.0. The number of amides is 1. The number of aromatic nitrogens is 1. The number of carbonyl (C=O) groups is 3. The SMILES string of the molecule is CC(C)C[C@H](CC(=O)[C@@H](NC(=O)c1cccc(-c2ccccc2)n1)[C@@H](C)O)B1OCCNCC(=O)O1. The van der Waals surface area contributed by atoms with E-state index in [-0.39, 0.29) is 30.4 Å². The van der Waals surface area contributed by atoms with E-state index in [0.29, 0.717) is 25.3 Å². The van der Waals surface area contributed by atoms with Gasteiger partial charge >= 0.3 is 13.1 Å². The van der Waals surface area contributed by atoms with E-state index in [4.69, 9.17) is 9.31 Å². The van der Waals surface area contributed by atoms with Gasteiger partial charge in [0.1, 0.15) is 11.7 Å². The molecule has 36 heavy (non-hydrogen) atoms. The molecule has 0 saturated carbocycles. The second-order valence-corrected chi connectivity index (χ2v) is 9.43. The first-order chi connectivity index (χ1) is 17.2. The topological polar surface area (TPSA) is 127 Å². The standard InChI is InChI=1S/C26H34BN3O6/c1-17(2)14-20(27-35-13-12-28-16-24(33)36-27)15-23(32)25(18(3)31)30-26(34)22-11-7-10-21(29-22)19-8-5-4-6-9-19/h4-11,17-18,20,25,28,31H,12-16H2,1-3H3,(H,30,34)/t18-,20-,25+/m1/s1. The van der Waals surface area contributed by atoms with E-state index in [2.05, 4.69) is 15.6 Å².